The van der Waals surface area contributed by atoms with Crippen LogP contribution in [0.4, 0.5) is 0 Å². The van der Waals surface area contributed by atoms with Gasteiger partial charge < -0.3 is 10.1 Å². The van der Waals surface area contributed by atoms with E-state index in [1.807, 2.05) is 7.05 Å². The van der Waals surface area contributed by atoms with E-state index < -0.39 is 10.0 Å². The second kappa shape index (κ2) is 7.77. The highest BCUT2D eigenvalue weighted by Crippen LogP contribution is 2.32. The molecular weight excluding hydrogens is 368 g/mol. The molecule has 0 aliphatic carbocycles. The average molecular weight is 391 g/mol. The van der Waals surface area contributed by atoms with E-state index in [2.05, 4.69) is 21.2 Å². The summed E-state index contributed by atoms with van der Waals surface area (Å²) in [6, 6.07) is 5.07. The Balaban J connectivity index is 2.14. The fraction of sp³-hybridized carbons (Fsp3) is 0.600. The number of nitrogens with one attached hydrogen (secondary N) is 1. The number of sulfonamides is 1. The Hall–Kier alpha value is -0.630. The normalized spacial score (nSPS) is 17.6. The zero-order valence-corrected chi connectivity index (χ0v) is 15.4. The first kappa shape index (κ1) is 17.7. The lowest BCUT2D eigenvalue weighted by Crippen LogP contribution is -2.39. The Kier molecular flexibility index (Phi) is 6.26. The molecule has 1 aliphatic rings. The van der Waals surface area contributed by atoms with E-state index in [9.17, 15) is 8.42 Å². The molecule has 1 heterocycles. The fourth-order valence-electron chi connectivity index (χ4n) is 2.78. The van der Waals surface area contributed by atoms with Gasteiger partial charge in [-0.15, -0.1) is 0 Å². The molecule has 0 bridgehead atoms. The lowest BCUT2D eigenvalue weighted by molar-refractivity contribution is 0.262. The van der Waals surface area contributed by atoms with Gasteiger partial charge in [0.1, 0.15) is 10.6 Å². The summed E-state index contributed by atoms with van der Waals surface area (Å²) in [5, 5.41) is 3.15. The van der Waals surface area contributed by atoms with E-state index in [-0.39, 0.29) is 4.90 Å². The Morgan fingerprint density at radius 1 is 1.36 bits per heavy atom. The summed E-state index contributed by atoms with van der Waals surface area (Å²) in [5.41, 5.74) is 0. The molecule has 0 aromatic heterocycles. The molecule has 124 valence electrons. The van der Waals surface area contributed by atoms with Gasteiger partial charge in [-0.2, -0.15) is 4.31 Å². The summed E-state index contributed by atoms with van der Waals surface area (Å²) in [6.45, 7) is 2.13. The second-order valence-electron chi connectivity index (χ2n) is 5.53. The summed E-state index contributed by atoms with van der Waals surface area (Å²) in [7, 11) is -0.0726. The van der Waals surface area contributed by atoms with Crippen LogP contribution in [-0.2, 0) is 10.0 Å². The summed E-state index contributed by atoms with van der Waals surface area (Å²) in [5.74, 6) is 0.990. The molecule has 0 saturated carbocycles. The van der Waals surface area contributed by atoms with Crippen molar-refractivity contribution in [3.05, 3.63) is 22.7 Å². The zero-order valence-electron chi connectivity index (χ0n) is 13.0. The van der Waals surface area contributed by atoms with E-state index in [4.69, 9.17) is 4.74 Å². The standard InChI is InChI=1S/C15H23BrN2O3S/c1-17-8-5-12-6-9-18(10-7-12)22(19,20)15-11-13(16)3-4-14(15)21-2/h3-4,11-12,17H,5-10H2,1-2H3. The first-order valence-corrected chi connectivity index (χ1v) is 9.70. The third-order valence-corrected chi connectivity index (χ3v) is 6.53. The number of hydrogen-bond donors (Lipinski definition) is 1. The van der Waals surface area contributed by atoms with Crippen LogP contribution < -0.4 is 10.1 Å². The van der Waals surface area contributed by atoms with Gasteiger partial charge in [0.05, 0.1) is 7.11 Å². The zero-order chi connectivity index (χ0) is 16.2. The van der Waals surface area contributed by atoms with Crippen molar-refractivity contribution in [1.29, 1.82) is 0 Å². The molecule has 0 atom stereocenters. The summed E-state index contributed by atoms with van der Waals surface area (Å²) < 4.78 is 33.2. The van der Waals surface area contributed by atoms with Gasteiger partial charge >= 0.3 is 0 Å². The van der Waals surface area contributed by atoms with Gasteiger partial charge in [0.25, 0.3) is 0 Å². The number of piperidine rings is 1. The molecule has 1 aliphatic heterocycles. The molecule has 1 aromatic rings. The molecule has 5 nitrogen and oxygen atoms in total. The van der Waals surface area contributed by atoms with Gasteiger partial charge in [0.15, 0.2) is 0 Å². The van der Waals surface area contributed by atoms with Gasteiger partial charge in [0, 0.05) is 17.6 Å². The van der Waals surface area contributed by atoms with Crippen LogP contribution in [-0.4, -0.2) is 46.5 Å². The van der Waals surface area contributed by atoms with E-state index in [1.165, 1.54) is 7.11 Å². The molecule has 2 rings (SSSR count). The number of hydrogen-bond acceptors (Lipinski definition) is 4. The summed E-state index contributed by atoms with van der Waals surface area (Å²) in [6.07, 6.45) is 2.93. The van der Waals surface area contributed by atoms with Gasteiger partial charge in [0.2, 0.25) is 10.0 Å². The van der Waals surface area contributed by atoms with E-state index in [1.54, 1.807) is 22.5 Å². The van der Waals surface area contributed by atoms with E-state index in [0.717, 1.165) is 30.3 Å². The minimum Gasteiger partial charge on any atom is -0.495 e. The molecule has 0 radical (unpaired) electrons. The minimum atomic E-state index is -3.51. The Morgan fingerprint density at radius 3 is 2.64 bits per heavy atom. The number of methoxy groups -OCH3 is 1. The van der Waals surface area contributed by atoms with Crippen LogP contribution in [0.1, 0.15) is 19.3 Å². The molecule has 1 N–H and O–H groups in total. The van der Waals surface area contributed by atoms with Crippen LogP contribution in [0, 0.1) is 5.92 Å². The Bertz CT molecular complexity index is 599. The van der Waals surface area contributed by atoms with E-state index >= 15 is 0 Å². The van der Waals surface area contributed by atoms with Gasteiger partial charge in [-0.1, -0.05) is 15.9 Å². The maximum absolute atomic E-state index is 12.9. The highest BCUT2D eigenvalue weighted by Gasteiger charge is 2.31. The SMILES string of the molecule is CNCCC1CCN(S(=O)(=O)c2cc(Br)ccc2OC)CC1. The molecule has 1 fully saturated rings. The first-order valence-electron chi connectivity index (χ1n) is 7.47. The third-order valence-electron chi connectivity index (χ3n) is 4.12. The van der Waals surface area contributed by atoms with Crippen molar-refractivity contribution in [2.45, 2.75) is 24.2 Å². The Labute approximate surface area is 141 Å². The van der Waals surface area contributed by atoms with E-state index in [0.29, 0.717) is 24.8 Å². The quantitative estimate of drug-likeness (QED) is 0.810. The Morgan fingerprint density at radius 2 is 2.05 bits per heavy atom. The maximum Gasteiger partial charge on any atom is 0.246 e. The largest absolute Gasteiger partial charge is 0.495 e. The summed E-state index contributed by atoms with van der Waals surface area (Å²) in [4.78, 5) is 0.234. The van der Waals surface area contributed by atoms with Gasteiger partial charge in [-0.25, -0.2) is 8.42 Å². The van der Waals surface area contributed by atoms with Crippen LogP contribution in [0.5, 0.6) is 5.75 Å². The number of rotatable bonds is 6. The lowest BCUT2D eigenvalue weighted by atomic mass is 9.95. The molecule has 0 unspecified atom stereocenters. The van der Waals surface area contributed by atoms with Crippen molar-refractivity contribution >= 4 is 26.0 Å². The van der Waals surface area contributed by atoms with Gasteiger partial charge in [-0.05, 0) is 57.0 Å². The van der Waals surface area contributed by atoms with Crippen molar-refractivity contribution in [3.8, 4) is 5.75 Å². The van der Waals surface area contributed by atoms with Crippen molar-refractivity contribution in [2.24, 2.45) is 5.92 Å². The maximum atomic E-state index is 12.9. The molecule has 0 amide bonds. The topological polar surface area (TPSA) is 58.6 Å². The van der Waals surface area contributed by atoms with Crippen molar-refractivity contribution in [3.63, 3.8) is 0 Å². The highest BCUT2D eigenvalue weighted by atomic mass is 79.9. The van der Waals surface area contributed by atoms with Crippen LogP contribution in [0.2, 0.25) is 0 Å². The minimum absolute atomic E-state index is 0.234. The molecule has 22 heavy (non-hydrogen) atoms. The fourth-order valence-corrected chi connectivity index (χ4v) is 4.94. The smallest absolute Gasteiger partial charge is 0.246 e. The van der Waals surface area contributed by atoms with Crippen LogP contribution in [0.3, 0.4) is 0 Å². The monoisotopic (exact) mass is 390 g/mol. The van der Waals surface area contributed by atoms with Crippen molar-refractivity contribution in [2.75, 3.05) is 33.8 Å². The second-order valence-corrected chi connectivity index (χ2v) is 8.36. The predicted molar refractivity (Wildman–Crippen MR) is 90.7 cm³/mol. The highest BCUT2D eigenvalue weighted by molar-refractivity contribution is 9.10. The summed E-state index contributed by atoms with van der Waals surface area (Å²) >= 11 is 3.33. The average Bonchev–Trinajstić information content (AvgIpc) is 2.53. The molecule has 1 aromatic carbocycles. The van der Waals surface area contributed by atoms with Crippen molar-refractivity contribution in [1.82, 2.24) is 9.62 Å². The predicted octanol–water partition coefficient (Wildman–Crippen LogP) is 2.47. The number of nitrogens with zero attached hydrogens (tertiary/aromatic N) is 1. The van der Waals surface area contributed by atoms with Crippen molar-refractivity contribution < 1.29 is 13.2 Å². The van der Waals surface area contributed by atoms with Crippen LogP contribution in [0.25, 0.3) is 0 Å². The number of ether oxygens (including phenoxy) is 1. The first-order chi connectivity index (χ1) is 10.5. The number of benzene rings is 1. The van der Waals surface area contributed by atoms with Crippen LogP contribution in [0.15, 0.2) is 27.6 Å². The molecule has 7 heteroatoms. The molecule has 0 spiro atoms. The lowest BCUT2D eigenvalue weighted by Gasteiger charge is -2.31. The number of halogens is 1. The molecule has 1 saturated heterocycles. The van der Waals surface area contributed by atoms with Crippen LogP contribution >= 0.6 is 15.9 Å². The molecular formula is C15H23BrN2O3S. The van der Waals surface area contributed by atoms with Gasteiger partial charge in [-0.3, -0.25) is 0 Å². The third kappa shape index (κ3) is 4.01.